The molecule has 0 aliphatic carbocycles. The summed E-state index contributed by atoms with van der Waals surface area (Å²) in [5.41, 5.74) is 7.23. The van der Waals surface area contributed by atoms with E-state index in [4.69, 9.17) is 5.73 Å². The van der Waals surface area contributed by atoms with Gasteiger partial charge in [0.25, 0.3) is 0 Å². The lowest BCUT2D eigenvalue weighted by molar-refractivity contribution is 0.628. The molecule has 14 heavy (non-hydrogen) atoms. The van der Waals surface area contributed by atoms with Crippen molar-refractivity contribution < 1.29 is 4.39 Å². The minimum Gasteiger partial charge on any atom is -0.397 e. The Hall–Kier alpha value is -0.960. The van der Waals surface area contributed by atoms with Gasteiger partial charge in [0, 0.05) is 13.1 Å². The number of hydrogen-bond donors (Lipinski definition) is 1. The Morgan fingerprint density at radius 2 is 1.86 bits per heavy atom. The van der Waals surface area contributed by atoms with Crippen molar-refractivity contribution in [2.75, 3.05) is 23.7 Å². The monoisotopic (exact) mass is 216 g/mol. The molecule has 1 aromatic carbocycles. The van der Waals surface area contributed by atoms with E-state index in [1.54, 1.807) is 6.07 Å². The van der Waals surface area contributed by atoms with Crippen molar-refractivity contribution in [2.24, 2.45) is 0 Å². The van der Waals surface area contributed by atoms with Gasteiger partial charge in [0.1, 0.15) is 5.82 Å². The number of hydrogen-bond acceptors (Lipinski definition) is 2. The molecule has 1 aromatic rings. The molecule has 0 amide bonds. The van der Waals surface area contributed by atoms with Gasteiger partial charge < -0.3 is 10.6 Å². The van der Waals surface area contributed by atoms with Crippen LogP contribution in [0.5, 0.6) is 0 Å². The van der Waals surface area contributed by atoms with Crippen LogP contribution in [0.2, 0.25) is 0 Å². The van der Waals surface area contributed by atoms with E-state index in [1.807, 2.05) is 0 Å². The molecule has 1 aliphatic heterocycles. The molecule has 0 aromatic heterocycles. The zero-order valence-corrected chi connectivity index (χ0v) is 8.69. The fourth-order valence-electron chi connectivity index (χ4n) is 1.77. The summed E-state index contributed by atoms with van der Waals surface area (Å²) in [6.45, 7) is 2.08. The first kappa shape index (κ1) is 11.1. The predicted molar refractivity (Wildman–Crippen MR) is 59.5 cm³/mol. The van der Waals surface area contributed by atoms with Crippen molar-refractivity contribution in [1.29, 1.82) is 0 Å². The Balaban J connectivity index is 0.000000980. The van der Waals surface area contributed by atoms with Gasteiger partial charge in [-0.2, -0.15) is 0 Å². The summed E-state index contributed by atoms with van der Waals surface area (Å²) in [5, 5.41) is 0. The van der Waals surface area contributed by atoms with Crippen LogP contribution in [0.1, 0.15) is 12.8 Å². The number of rotatable bonds is 1. The molecule has 1 aliphatic rings. The average molecular weight is 217 g/mol. The molecule has 0 bridgehead atoms. The van der Waals surface area contributed by atoms with Gasteiger partial charge in [-0.15, -0.1) is 12.4 Å². The molecule has 4 heteroatoms. The van der Waals surface area contributed by atoms with Crippen LogP contribution in [0.4, 0.5) is 15.8 Å². The van der Waals surface area contributed by atoms with Crippen LogP contribution < -0.4 is 10.6 Å². The Kier molecular flexibility index (Phi) is 3.58. The Morgan fingerprint density at radius 1 is 1.21 bits per heavy atom. The van der Waals surface area contributed by atoms with Crippen LogP contribution in [0, 0.1) is 5.82 Å². The molecule has 78 valence electrons. The van der Waals surface area contributed by atoms with Crippen LogP contribution in [0.15, 0.2) is 18.2 Å². The summed E-state index contributed by atoms with van der Waals surface area (Å²) in [6, 6.07) is 4.60. The third-order valence-corrected chi connectivity index (χ3v) is 2.44. The van der Waals surface area contributed by atoms with Crippen LogP contribution in [0.25, 0.3) is 0 Å². The first-order chi connectivity index (χ1) is 6.27. The lowest BCUT2D eigenvalue weighted by Gasteiger charge is -2.19. The van der Waals surface area contributed by atoms with E-state index in [0.717, 1.165) is 18.8 Å². The summed E-state index contributed by atoms with van der Waals surface area (Å²) < 4.78 is 12.7. The molecule has 1 fully saturated rings. The highest BCUT2D eigenvalue weighted by atomic mass is 35.5. The van der Waals surface area contributed by atoms with E-state index in [1.165, 1.54) is 25.0 Å². The summed E-state index contributed by atoms with van der Waals surface area (Å²) >= 11 is 0. The fraction of sp³-hybridized carbons (Fsp3) is 0.400. The number of nitrogen functional groups attached to an aromatic ring is 1. The largest absolute Gasteiger partial charge is 0.397 e. The van der Waals surface area contributed by atoms with Gasteiger partial charge in [-0.05, 0) is 31.0 Å². The van der Waals surface area contributed by atoms with Gasteiger partial charge in [0.05, 0.1) is 11.4 Å². The van der Waals surface area contributed by atoms with Gasteiger partial charge >= 0.3 is 0 Å². The first-order valence-corrected chi connectivity index (χ1v) is 4.57. The maximum absolute atomic E-state index is 12.7. The van der Waals surface area contributed by atoms with Gasteiger partial charge in [-0.1, -0.05) is 0 Å². The Morgan fingerprint density at radius 3 is 2.43 bits per heavy atom. The van der Waals surface area contributed by atoms with E-state index in [9.17, 15) is 4.39 Å². The minimum atomic E-state index is -0.263. The van der Waals surface area contributed by atoms with E-state index in [2.05, 4.69) is 4.90 Å². The number of nitrogens with zero attached hydrogens (tertiary/aromatic N) is 1. The van der Waals surface area contributed by atoms with Crippen LogP contribution in [0.3, 0.4) is 0 Å². The second-order valence-corrected chi connectivity index (χ2v) is 3.40. The van der Waals surface area contributed by atoms with Gasteiger partial charge in [0.15, 0.2) is 0 Å². The van der Waals surface area contributed by atoms with Gasteiger partial charge in [-0.3, -0.25) is 0 Å². The quantitative estimate of drug-likeness (QED) is 0.731. The maximum Gasteiger partial charge on any atom is 0.125 e. The third kappa shape index (κ3) is 2.10. The number of halogens is 2. The second kappa shape index (κ2) is 4.51. The molecule has 2 nitrogen and oxygen atoms in total. The Bertz CT molecular complexity index is 311. The molecule has 1 heterocycles. The van der Waals surface area contributed by atoms with Crippen LogP contribution >= 0.6 is 12.4 Å². The van der Waals surface area contributed by atoms with E-state index >= 15 is 0 Å². The smallest absolute Gasteiger partial charge is 0.125 e. The molecule has 0 unspecified atom stereocenters. The van der Waals surface area contributed by atoms with Crippen molar-refractivity contribution >= 4 is 23.8 Å². The summed E-state index contributed by atoms with van der Waals surface area (Å²) in [5.74, 6) is -0.263. The molecule has 0 atom stereocenters. The Labute approximate surface area is 89.3 Å². The molecule has 0 radical (unpaired) electrons. The van der Waals surface area contributed by atoms with E-state index < -0.39 is 0 Å². The third-order valence-electron chi connectivity index (χ3n) is 2.44. The van der Waals surface area contributed by atoms with Crippen LogP contribution in [-0.4, -0.2) is 13.1 Å². The van der Waals surface area contributed by atoms with Crippen molar-refractivity contribution in [3.63, 3.8) is 0 Å². The molecule has 0 saturated carbocycles. The van der Waals surface area contributed by atoms with Crippen molar-refractivity contribution in [1.82, 2.24) is 0 Å². The van der Waals surface area contributed by atoms with Crippen LogP contribution in [-0.2, 0) is 0 Å². The molecule has 0 spiro atoms. The molecule has 1 saturated heterocycles. The van der Waals surface area contributed by atoms with E-state index in [-0.39, 0.29) is 18.2 Å². The molecular formula is C10H14ClFN2. The fourth-order valence-corrected chi connectivity index (χ4v) is 1.77. The highest BCUT2D eigenvalue weighted by molar-refractivity contribution is 5.85. The van der Waals surface area contributed by atoms with E-state index in [0.29, 0.717) is 5.69 Å². The standard InChI is InChI=1S/C10H13FN2.ClH/c11-8-3-4-10(9(12)7-8)13-5-1-2-6-13;/h3-4,7H,1-2,5-6,12H2;1H. The van der Waals surface area contributed by atoms with Gasteiger partial charge in [0.2, 0.25) is 0 Å². The van der Waals surface area contributed by atoms with Crippen molar-refractivity contribution in [3.8, 4) is 0 Å². The summed E-state index contributed by atoms with van der Waals surface area (Å²) in [7, 11) is 0. The SMILES string of the molecule is Cl.Nc1cc(F)ccc1N1CCCC1. The first-order valence-electron chi connectivity index (χ1n) is 4.57. The second-order valence-electron chi connectivity index (χ2n) is 3.40. The number of anilines is 2. The highest BCUT2D eigenvalue weighted by Gasteiger charge is 2.14. The number of benzene rings is 1. The summed E-state index contributed by atoms with van der Waals surface area (Å²) in [6.07, 6.45) is 2.41. The topological polar surface area (TPSA) is 29.3 Å². The highest BCUT2D eigenvalue weighted by Crippen LogP contribution is 2.26. The molecule has 2 N–H and O–H groups in total. The number of nitrogens with two attached hydrogens (primary N) is 1. The molecule has 2 rings (SSSR count). The maximum atomic E-state index is 12.7. The zero-order chi connectivity index (χ0) is 9.26. The van der Waals surface area contributed by atoms with Crippen molar-refractivity contribution in [3.05, 3.63) is 24.0 Å². The predicted octanol–water partition coefficient (Wildman–Crippen LogP) is 2.43. The van der Waals surface area contributed by atoms with Gasteiger partial charge in [-0.25, -0.2) is 4.39 Å². The lowest BCUT2D eigenvalue weighted by Crippen LogP contribution is -2.18. The lowest BCUT2D eigenvalue weighted by atomic mass is 10.2. The average Bonchev–Trinajstić information content (AvgIpc) is 2.56. The normalized spacial score (nSPS) is 15.4. The summed E-state index contributed by atoms with van der Waals surface area (Å²) in [4.78, 5) is 2.20. The minimum absolute atomic E-state index is 0. The van der Waals surface area contributed by atoms with Crippen molar-refractivity contribution in [2.45, 2.75) is 12.8 Å². The molecular weight excluding hydrogens is 203 g/mol. The zero-order valence-electron chi connectivity index (χ0n) is 7.87.